The van der Waals surface area contributed by atoms with Gasteiger partial charge in [-0.15, -0.1) is 0 Å². The molecule has 0 bridgehead atoms. The number of benzene rings is 2. The summed E-state index contributed by atoms with van der Waals surface area (Å²) in [5.74, 6) is -1.01. The van der Waals surface area contributed by atoms with Crippen molar-refractivity contribution in [2.24, 2.45) is 4.99 Å². The second-order valence-corrected chi connectivity index (χ2v) is 7.22. The summed E-state index contributed by atoms with van der Waals surface area (Å²) >= 11 is 0. The first kappa shape index (κ1) is 22.5. The molecule has 1 aliphatic rings. The maximum absolute atomic E-state index is 13.8. The van der Waals surface area contributed by atoms with Gasteiger partial charge in [0.2, 0.25) is 0 Å². The Bertz CT molecular complexity index is 1010. The fraction of sp³-hybridized carbons (Fsp3) is 0.304. The molecule has 1 aliphatic carbocycles. The molecule has 0 saturated carbocycles. The van der Waals surface area contributed by atoms with Crippen LogP contribution in [0, 0.1) is 5.82 Å². The molecule has 31 heavy (non-hydrogen) atoms. The molecule has 3 rings (SSSR count). The maximum atomic E-state index is 13.8. The Kier molecular flexibility index (Phi) is 7.09. The van der Waals surface area contributed by atoms with Gasteiger partial charge in [-0.25, -0.2) is 4.39 Å². The zero-order chi connectivity index (χ0) is 22.4. The van der Waals surface area contributed by atoms with Crippen molar-refractivity contribution in [1.29, 1.82) is 0 Å². The number of aliphatic imine (C=N–C) groups is 1. The number of allylic oxidation sites excluding steroid dienone is 2. The van der Waals surface area contributed by atoms with Crippen molar-refractivity contribution in [2.45, 2.75) is 38.4 Å². The Morgan fingerprint density at radius 1 is 1.06 bits per heavy atom. The van der Waals surface area contributed by atoms with Crippen LogP contribution in [-0.4, -0.2) is 24.8 Å². The maximum Gasteiger partial charge on any atom is 0.433 e. The molecule has 2 aromatic carbocycles. The second kappa shape index (κ2) is 9.76. The number of carbonyl (C=O) groups excluding carboxylic acids is 1. The Labute approximate surface area is 178 Å². The summed E-state index contributed by atoms with van der Waals surface area (Å²) in [5.41, 5.74) is 1.02. The molecule has 0 heterocycles. The molecule has 0 saturated heterocycles. The number of nitrogens with zero attached hydrogens (tertiary/aromatic N) is 1. The molecule has 8 heteroatoms. The number of nitrogens with one attached hydrogen (secondary N) is 2. The van der Waals surface area contributed by atoms with Crippen LogP contribution < -0.4 is 10.6 Å². The number of para-hydroxylation sites is 1. The highest BCUT2D eigenvalue weighted by Gasteiger charge is 2.39. The molecule has 2 aromatic rings. The van der Waals surface area contributed by atoms with E-state index in [1.807, 2.05) is 0 Å². The predicted molar refractivity (Wildman–Crippen MR) is 113 cm³/mol. The van der Waals surface area contributed by atoms with Crippen LogP contribution in [-0.2, 0) is 6.54 Å². The zero-order valence-corrected chi connectivity index (χ0v) is 17.0. The average Bonchev–Trinajstić information content (AvgIpc) is 2.74. The number of amides is 1. The lowest BCUT2D eigenvalue weighted by Gasteiger charge is -2.24. The van der Waals surface area contributed by atoms with Crippen molar-refractivity contribution in [3.63, 3.8) is 0 Å². The monoisotopic (exact) mass is 433 g/mol. The summed E-state index contributed by atoms with van der Waals surface area (Å²) in [6.07, 6.45) is -2.19. The number of carbonyl (C=O) groups is 1. The van der Waals surface area contributed by atoms with Gasteiger partial charge in [0.15, 0.2) is 0 Å². The summed E-state index contributed by atoms with van der Waals surface area (Å²) in [5, 5.41) is 5.63. The van der Waals surface area contributed by atoms with E-state index in [9.17, 15) is 22.4 Å². The summed E-state index contributed by atoms with van der Waals surface area (Å²) in [6.45, 7) is 0.258. The fourth-order valence-corrected chi connectivity index (χ4v) is 3.58. The normalized spacial score (nSPS) is 15.1. The van der Waals surface area contributed by atoms with Crippen LogP contribution in [0.25, 0.3) is 0 Å². The molecular weight excluding hydrogens is 410 g/mol. The lowest BCUT2D eigenvalue weighted by molar-refractivity contribution is -0.0585. The number of hydrogen-bond acceptors (Lipinski definition) is 3. The Morgan fingerprint density at radius 3 is 2.52 bits per heavy atom. The van der Waals surface area contributed by atoms with E-state index in [1.165, 1.54) is 18.2 Å². The van der Waals surface area contributed by atoms with Crippen LogP contribution in [0.15, 0.2) is 64.8 Å². The van der Waals surface area contributed by atoms with Gasteiger partial charge >= 0.3 is 6.18 Å². The summed E-state index contributed by atoms with van der Waals surface area (Å²) in [7, 11) is 1.15. The minimum atomic E-state index is -4.50. The van der Waals surface area contributed by atoms with Crippen molar-refractivity contribution >= 4 is 17.3 Å². The molecule has 4 nitrogen and oxygen atoms in total. The highest BCUT2D eigenvalue weighted by molar-refractivity contribution is 6.05. The Morgan fingerprint density at radius 2 is 1.81 bits per heavy atom. The predicted octanol–water partition coefficient (Wildman–Crippen LogP) is 5.63. The van der Waals surface area contributed by atoms with Crippen molar-refractivity contribution in [3.8, 4) is 0 Å². The van der Waals surface area contributed by atoms with E-state index in [-0.39, 0.29) is 17.8 Å². The van der Waals surface area contributed by atoms with E-state index < -0.39 is 23.6 Å². The first-order valence-corrected chi connectivity index (χ1v) is 9.94. The fourth-order valence-electron chi connectivity index (χ4n) is 3.58. The molecule has 0 unspecified atom stereocenters. The first-order chi connectivity index (χ1) is 14.8. The van der Waals surface area contributed by atoms with Crippen LogP contribution in [0.5, 0.6) is 0 Å². The van der Waals surface area contributed by atoms with E-state index in [2.05, 4.69) is 15.6 Å². The Balaban J connectivity index is 1.74. The van der Waals surface area contributed by atoms with Gasteiger partial charge < -0.3 is 10.6 Å². The summed E-state index contributed by atoms with van der Waals surface area (Å²) in [6, 6.07) is 12.5. The number of hydrogen-bond donors (Lipinski definition) is 2. The molecule has 0 aromatic heterocycles. The molecule has 0 radical (unpaired) electrons. The third-order valence-corrected chi connectivity index (χ3v) is 5.06. The highest BCUT2D eigenvalue weighted by Crippen LogP contribution is 2.31. The lowest BCUT2D eigenvalue weighted by atomic mass is 9.92. The van der Waals surface area contributed by atoms with Gasteiger partial charge in [-0.2, -0.15) is 13.2 Å². The van der Waals surface area contributed by atoms with Gasteiger partial charge in [0.1, 0.15) is 11.5 Å². The molecule has 0 fully saturated rings. The lowest BCUT2D eigenvalue weighted by Crippen LogP contribution is -2.30. The number of rotatable bonds is 6. The highest BCUT2D eigenvalue weighted by atomic mass is 19.4. The zero-order valence-electron chi connectivity index (χ0n) is 17.0. The van der Waals surface area contributed by atoms with E-state index in [1.54, 1.807) is 30.3 Å². The van der Waals surface area contributed by atoms with E-state index >= 15 is 0 Å². The summed E-state index contributed by atoms with van der Waals surface area (Å²) < 4.78 is 53.7. The third kappa shape index (κ3) is 5.71. The van der Waals surface area contributed by atoms with Crippen molar-refractivity contribution < 1.29 is 22.4 Å². The number of alkyl halides is 3. The average molecular weight is 433 g/mol. The topological polar surface area (TPSA) is 53.5 Å². The number of halogens is 4. The molecule has 0 spiro atoms. The largest absolute Gasteiger partial charge is 0.433 e. The molecule has 2 N–H and O–H groups in total. The molecule has 164 valence electrons. The van der Waals surface area contributed by atoms with E-state index in [0.29, 0.717) is 30.5 Å². The molecular formula is C23H23F4N3O. The Hall–Kier alpha value is -3.16. The van der Waals surface area contributed by atoms with Gasteiger partial charge in [0.05, 0.1) is 5.69 Å². The van der Waals surface area contributed by atoms with E-state index in [4.69, 9.17) is 0 Å². The quantitative estimate of drug-likeness (QED) is 0.458. The van der Waals surface area contributed by atoms with Gasteiger partial charge in [0.25, 0.3) is 5.91 Å². The van der Waals surface area contributed by atoms with Crippen molar-refractivity contribution in [3.05, 3.63) is 76.7 Å². The van der Waals surface area contributed by atoms with Gasteiger partial charge in [-0.05, 0) is 55.5 Å². The second-order valence-electron chi connectivity index (χ2n) is 7.22. The minimum Gasteiger partial charge on any atom is -0.384 e. The molecule has 0 aliphatic heterocycles. The van der Waals surface area contributed by atoms with Crippen LogP contribution in [0.2, 0.25) is 0 Å². The van der Waals surface area contributed by atoms with Crippen LogP contribution in [0.3, 0.4) is 0 Å². The number of anilines is 1. The SMILES string of the molecule is C/N=C(\C1=C(NCc2cccc(C(=O)Nc3ccccc3F)c2)CCCC1)C(F)(F)F. The van der Waals surface area contributed by atoms with Crippen molar-refractivity contribution in [1.82, 2.24) is 5.32 Å². The minimum absolute atomic E-state index is 0.0755. The van der Waals surface area contributed by atoms with Crippen LogP contribution in [0.1, 0.15) is 41.6 Å². The van der Waals surface area contributed by atoms with E-state index in [0.717, 1.165) is 19.0 Å². The summed E-state index contributed by atoms with van der Waals surface area (Å²) in [4.78, 5) is 15.9. The molecule has 1 amide bonds. The van der Waals surface area contributed by atoms with Crippen LogP contribution in [0.4, 0.5) is 23.2 Å². The molecule has 0 atom stereocenters. The van der Waals surface area contributed by atoms with Gasteiger partial charge in [0, 0.05) is 30.4 Å². The van der Waals surface area contributed by atoms with Crippen molar-refractivity contribution in [2.75, 3.05) is 12.4 Å². The van der Waals surface area contributed by atoms with Gasteiger partial charge in [-0.3, -0.25) is 9.79 Å². The van der Waals surface area contributed by atoms with Crippen LogP contribution >= 0.6 is 0 Å². The smallest absolute Gasteiger partial charge is 0.384 e. The van der Waals surface area contributed by atoms with Gasteiger partial charge in [-0.1, -0.05) is 24.3 Å². The third-order valence-electron chi connectivity index (χ3n) is 5.06. The first-order valence-electron chi connectivity index (χ1n) is 9.94. The standard InChI is InChI=1S/C23H23F4N3O/c1-28-21(23(25,26)27)17-9-2-4-11-19(17)29-14-15-7-6-8-16(13-15)22(31)30-20-12-5-3-10-18(20)24/h3,5-8,10,12-13,29H,2,4,9,11,14H2,1H3,(H,30,31)/b28-21+.